The molecule has 15 heavy (non-hydrogen) atoms. The molecule has 0 saturated heterocycles. The Morgan fingerprint density at radius 1 is 1.33 bits per heavy atom. The average molecular weight is 199 g/mol. The summed E-state index contributed by atoms with van der Waals surface area (Å²) in [5.74, 6) is 0.534. The second-order valence-corrected chi connectivity index (χ2v) is 3.35. The van der Waals surface area contributed by atoms with Crippen LogP contribution in [0.5, 0.6) is 0 Å². The van der Waals surface area contributed by atoms with E-state index in [0.29, 0.717) is 5.82 Å². The maximum absolute atomic E-state index is 5.78. The fourth-order valence-electron chi connectivity index (χ4n) is 1.45. The van der Waals surface area contributed by atoms with Crippen LogP contribution in [0.1, 0.15) is 18.9 Å². The third-order valence-corrected chi connectivity index (χ3v) is 2.24. The summed E-state index contributed by atoms with van der Waals surface area (Å²) in [6.45, 7) is 2.11. The summed E-state index contributed by atoms with van der Waals surface area (Å²) in [5, 5.41) is 0.913. The standard InChI is InChI=1S/C12H13N3/c1-2-3-4-9-5-6-11-10(7-9)12(13)15-8-14-11/h3-8H,2H2,1H3,(H2,13,14,15)/b4-3+. The highest BCUT2D eigenvalue weighted by atomic mass is 14.9. The maximum Gasteiger partial charge on any atom is 0.134 e. The summed E-state index contributed by atoms with van der Waals surface area (Å²) >= 11 is 0. The van der Waals surface area contributed by atoms with Gasteiger partial charge in [-0.15, -0.1) is 0 Å². The highest BCUT2D eigenvalue weighted by Gasteiger charge is 1.99. The predicted molar refractivity (Wildman–Crippen MR) is 63.3 cm³/mol. The molecule has 3 heteroatoms. The van der Waals surface area contributed by atoms with E-state index >= 15 is 0 Å². The van der Waals surface area contributed by atoms with E-state index in [1.807, 2.05) is 18.2 Å². The average Bonchev–Trinajstić information content (AvgIpc) is 2.27. The maximum atomic E-state index is 5.78. The Morgan fingerprint density at radius 2 is 2.20 bits per heavy atom. The molecule has 0 bridgehead atoms. The summed E-state index contributed by atoms with van der Waals surface area (Å²) in [5.41, 5.74) is 7.79. The Morgan fingerprint density at radius 3 is 3.00 bits per heavy atom. The number of anilines is 1. The van der Waals surface area contributed by atoms with E-state index in [1.165, 1.54) is 6.33 Å². The van der Waals surface area contributed by atoms with Crippen molar-refractivity contribution in [2.24, 2.45) is 0 Å². The molecule has 2 rings (SSSR count). The van der Waals surface area contributed by atoms with Gasteiger partial charge in [0.1, 0.15) is 12.1 Å². The van der Waals surface area contributed by atoms with Crippen LogP contribution < -0.4 is 5.73 Å². The van der Waals surface area contributed by atoms with Crippen molar-refractivity contribution in [1.82, 2.24) is 9.97 Å². The lowest BCUT2D eigenvalue weighted by atomic mass is 10.1. The topological polar surface area (TPSA) is 51.8 Å². The van der Waals surface area contributed by atoms with Gasteiger partial charge in [-0.05, 0) is 24.1 Å². The first kappa shape index (κ1) is 9.65. The van der Waals surface area contributed by atoms with Gasteiger partial charge < -0.3 is 5.73 Å². The normalized spacial score (nSPS) is 11.3. The van der Waals surface area contributed by atoms with Gasteiger partial charge in [0, 0.05) is 5.39 Å². The number of hydrogen-bond donors (Lipinski definition) is 1. The zero-order valence-corrected chi connectivity index (χ0v) is 8.64. The third kappa shape index (κ3) is 1.96. The lowest BCUT2D eigenvalue weighted by Gasteiger charge is -2.00. The van der Waals surface area contributed by atoms with E-state index in [0.717, 1.165) is 22.9 Å². The largest absolute Gasteiger partial charge is 0.383 e. The first-order valence-electron chi connectivity index (χ1n) is 4.98. The fourth-order valence-corrected chi connectivity index (χ4v) is 1.45. The van der Waals surface area contributed by atoms with Gasteiger partial charge in [0.05, 0.1) is 5.52 Å². The van der Waals surface area contributed by atoms with Crippen LogP contribution in [0.25, 0.3) is 17.0 Å². The summed E-state index contributed by atoms with van der Waals surface area (Å²) < 4.78 is 0. The first-order valence-corrected chi connectivity index (χ1v) is 4.98. The van der Waals surface area contributed by atoms with Gasteiger partial charge in [0.2, 0.25) is 0 Å². The van der Waals surface area contributed by atoms with E-state index < -0.39 is 0 Å². The first-order chi connectivity index (χ1) is 7.31. The molecule has 0 amide bonds. The Bertz CT molecular complexity index is 503. The van der Waals surface area contributed by atoms with Crippen LogP contribution in [0.15, 0.2) is 30.6 Å². The smallest absolute Gasteiger partial charge is 0.134 e. The Labute approximate surface area is 88.7 Å². The number of fused-ring (bicyclic) bond motifs is 1. The van der Waals surface area contributed by atoms with E-state index in [4.69, 9.17) is 5.73 Å². The molecule has 76 valence electrons. The summed E-state index contributed by atoms with van der Waals surface area (Å²) in [4.78, 5) is 8.12. The van der Waals surface area contributed by atoms with E-state index in [9.17, 15) is 0 Å². The summed E-state index contributed by atoms with van der Waals surface area (Å²) in [6.07, 6.45) is 6.70. The molecule has 2 N–H and O–H groups in total. The van der Waals surface area contributed by atoms with Crippen LogP contribution in [0, 0.1) is 0 Å². The minimum absolute atomic E-state index is 0.534. The minimum Gasteiger partial charge on any atom is -0.383 e. The van der Waals surface area contributed by atoms with Crippen molar-refractivity contribution in [2.75, 3.05) is 5.73 Å². The highest BCUT2D eigenvalue weighted by Crippen LogP contribution is 2.18. The third-order valence-electron chi connectivity index (χ3n) is 2.24. The van der Waals surface area contributed by atoms with Crippen molar-refractivity contribution in [3.8, 4) is 0 Å². The number of hydrogen-bond acceptors (Lipinski definition) is 3. The minimum atomic E-state index is 0.534. The zero-order valence-electron chi connectivity index (χ0n) is 8.64. The quantitative estimate of drug-likeness (QED) is 0.808. The second kappa shape index (κ2) is 4.09. The van der Waals surface area contributed by atoms with Gasteiger partial charge in [-0.3, -0.25) is 0 Å². The molecule has 0 atom stereocenters. The molecular weight excluding hydrogens is 186 g/mol. The molecule has 1 aromatic carbocycles. The van der Waals surface area contributed by atoms with E-state index in [2.05, 4.69) is 29.0 Å². The second-order valence-electron chi connectivity index (χ2n) is 3.35. The zero-order chi connectivity index (χ0) is 10.7. The molecule has 0 radical (unpaired) electrons. The molecule has 0 spiro atoms. The van der Waals surface area contributed by atoms with E-state index in [1.54, 1.807) is 0 Å². The summed E-state index contributed by atoms with van der Waals surface area (Å²) in [7, 11) is 0. The molecule has 0 unspecified atom stereocenters. The van der Waals surface area contributed by atoms with Crippen LogP contribution in [0.3, 0.4) is 0 Å². The number of nitrogens with zero attached hydrogens (tertiary/aromatic N) is 2. The van der Waals surface area contributed by atoms with Gasteiger partial charge >= 0.3 is 0 Å². The lowest BCUT2D eigenvalue weighted by molar-refractivity contribution is 1.23. The van der Waals surface area contributed by atoms with Gasteiger partial charge in [-0.25, -0.2) is 9.97 Å². The number of allylic oxidation sites excluding steroid dienone is 1. The number of nitrogen functional groups attached to an aromatic ring is 1. The van der Waals surface area contributed by atoms with Crippen LogP contribution >= 0.6 is 0 Å². The highest BCUT2D eigenvalue weighted by molar-refractivity contribution is 5.89. The summed E-state index contributed by atoms with van der Waals surface area (Å²) in [6, 6.07) is 6.00. The number of aromatic nitrogens is 2. The van der Waals surface area contributed by atoms with Crippen molar-refractivity contribution in [3.63, 3.8) is 0 Å². The monoisotopic (exact) mass is 199 g/mol. The molecule has 2 aromatic rings. The van der Waals surface area contributed by atoms with Crippen LogP contribution in [-0.4, -0.2) is 9.97 Å². The van der Waals surface area contributed by atoms with Crippen molar-refractivity contribution in [2.45, 2.75) is 13.3 Å². The predicted octanol–water partition coefficient (Wildman–Crippen LogP) is 2.64. The van der Waals surface area contributed by atoms with Crippen molar-refractivity contribution < 1.29 is 0 Å². The van der Waals surface area contributed by atoms with Crippen molar-refractivity contribution >= 4 is 22.8 Å². The van der Waals surface area contributed by atoms with Crippen LogP contribution in [-0.2, 0) is 0 Å². The number of nitrogens with two attached hydrogens (primary N) is 1. The van der Waals surface area contributed by atoms with Crippen molar-refractivity contribution in [1.29, 1.82) is 0 Å². The van der Waals surface area contributed by atoms with Crippen LogP contribution in [0.2, 0.25) is 0 Å². The molecule has 1 heterocycles. The molecule has 0 aliphatic heterocycles. The molecule has 1 aromatic heterocycles. The van der Waals surface area contributed by atoms with Crippen LogP contribution in [0.4, 0.5) is 5.82 Å². The number of rotatable bonds is 2. The Hall–Kier alpha value is -1.90. The van der Waals surface area contributed by atoms with Gasteiger partial charge in [-0.2, -0.15) is 0 Å². The van der Waals surface area contributed by atoms with Crippen molar-refractivity contribution in [3.05, 3.63) is 36.2 Å². The number of benzene rings is 1. The molecule has 0 aliphatic rings. The van der Waals surface area contributed by atoms with E-state index in [-0.39, 0.29) is 0 Å². The van der Waals surface area contributed by atoms with Gasteiger partial charge in [-0.1, -0.05) is 25.1 Å². The molecule has 0 saturated carbocycles. The Balaban J connectivity index is 2.54. The molecular formula is C12H13N3. The molecule has 3 nitrogen and oxygen atoms in total. The molecule has 0 aliphatic carbocycles. The molecule has 0 fully saturated rings. The Kier molecular flexibility index (Phi) is 2.63. The fraction of sp³-hybridized carbons (Fsp3) is 0.167. The van der Waals surface area contributed by atoms with Gasteiger partial charge in [0.25, 0.3) is 0 Å². The lowest BCUT2D eigenvalue weighted by Crippen LogP contribution is -1.93. The SMILES string of the molecule is CC/C=C/c1ccc2ncnc(N)c2c1. The van der Waals surface area contributed by atoms with Gasteiger partial charge in [0.15, 0.2) is 0 Å².